The number of ether oxygens (including phenoxy) is 1. The quantitative estimate of drug-likeness (QED) is 0.454. The number of nitrogens with zero attached hydrogens (tertiary/aromatic N) is 3. The lowest BCUT2D eigenvalue weighted by molar-refractivity contribution is -0.120. The fourth-order valence-electron chi connectivity index (χ4n) is 3.11. The number of hydrogen-bond donors (Lipinski definition) is 3. The van der Waals surface area contributed by atoms with E-state index in [0.29, 0.717) is 23.6 Å². The number of amides is 2. The van der Waals surface area contributed by atoms with E-state index in [9.17, 15) is 14.4 Å². The summed E-state index contributed by atoms with van der Waals surface area (Å²) in [5.74, 6) is -0.0111. The van der Waals surface area contributed by atoms with Crippen LogP contribution in [0.2, 0.25) is 0 Å². The van der Waals surface area contributed by atoms with Crippen molar-refractivity contribution in [3.05, 3.63) is 87.9 Å². The fourth-order valence-corrected chi connectivity index (χ4v) is 3.11. The second-order valence-electron chi connectivity index (χ2n) is 9.05. The smallest absolute Gasteiger partial charge is 0.409 e. The highest BCUT2D eigenvalue weighted by Gasteiger charge is 2.16. The van der Waals surface area contributed by atoms with Crippen molar-refractivity contribution in [2.75, 3.05) is 5.43 Å². The zero-order chi connectivity index (χ0) is 25.4. The number of carbonyl (C=O) groups is 2. The number of carbonyl (C=O) groups excluding carboxylic acids is 2. The topological polar surface area (TPSA) is 127 Å². The maximum Gasteiger partial charge on any atom is 0.413 e. The lowest BCUT2D eigenvalue weighted by atomic mass is 10.1. The van der Waals surface area contributed by atoms with Gasteiger partial charge in [-0.25, -0.2) is 9.47 Å². The van der Waals surface area contributed by atoms with E-state index in [-0.39, 0.29) is 24.4 Å². The predicted octanol–water partition coefficient (Wildman–Crippen LogP) is 2.44. The normalized spacial score (nSPS) is 11.0. The van der Waals surface area contributed by atoms with Crippen LogP contribution in [0.25, 0.3) is 0 Å². The first-order chi connectivity index (χ1) is 16.6. The van der Waals surface area contributed by atoms with Crippen molar-refractivity contribution in [1.29, 1.82) is 0 Å². The zero-order valence-electron chi connectivity index (χ0n) is 20.3. The Morgan fingerprint density at radius 3 is 2.54 bits per heavy atom. The van der Waals surface area contributed by atoms with Crippen molar-refractivity contribution < 1.29 is 14.3 Å². The summed E-state index contributed by atoms with van der Waals surface area (Å²) in [6, 6.07) is 8.77. The van der Waals surface area contributed by atoms with Crippen LogP contribution < -0.4 is 26.4 Å². The Labute approximate surface area is 203 Å². The summed E-state index contributed by atoms with van der Waals surface area (Å²) in [6.07, 6.45) is 5.83. The Morgan fingerprint density at radius 2 is 1.89 bits per heavy atom. The predicted molar refractivity (Wildman–Crippen MR) is 131 cm³/mol. The van der Waals surface area contributed by atoms with Gasteiger partial charge >= 0.3 is 6.09 Å². The van der Waals surface area contributed by atoms with Gasteiger partial charge in [-0.3, -0.25) is 19.6 Å². The van der Waals surface area contributed by atoms with E-state index in [1.807, 2.05) is 32.9 Å². The summed E-state index contributed by atoms with van der Waals surface area (Å²) in [6.45, 7) is 7.94. The van der Waals surface area contributed by atoms with Crippen molar-refractivity contribution in [1.82, 2.24) is 25.3 Å². The van der Waals surface area contributed by atoms with Crippen LogP contribution in [0.1, 0.15) is 43.2 Å². The van der Waals surface area contributed by atoms with Crippen LogP contribution in [-0.2, 0) is 24.3 Å². The maximum absolute atomic E-state index is 12.9. The number of rotatable bonds is 8. The maximum atomic E-state index is 12.9. The van der Waals surface area contributed by atoms with Crippen LogP contribution in [0.4, 0.5) is 4.79 Å². The molecule has 3 N–H and O–H groups in total. The molecule has 3 aromatic rings. The molecule has 0 fully saturated rings. The first kappa shape index (κ1) is 25.4. The van der Waals surface area contributed by atoms with Crippen LogP contribution in [0.5, 0.6) is 5.75 Å². The summed E-state index contributed by atoms with van der Waals surface area (Å²) in [4.78, 5) is 45.5. The molecule has 0 radical (unpaired) electrons. The zero-order valence-corrected chi connectivity index (χ0v) is 20.3. The van der Waals surface area contributed by atoms with Crippen LogP contribution in [0.15, 0.2) is 59.9 Å². The van der Waals surface area contributed by atoms with Gasteiger partial charge in [0, 0.05) is 29.7 Å². The molecule has 2 amide bonds. The summed E-state index contributed by atoms with van der Waals surface area (Å²) < 4.78 is 6.56. The highest BCUT2D eigenvalue weighted by molar-refractivity contribution is 5.78. The third kappa shape index (κ3) is 7.95. The Morgan fingerprint density at radius 1 is 1.09 bits per heavy atom. The highest BCUT2D eigenvalue weighted by Crippen LogP contribution is 2.11. The average molecular weight is 479 g/mol. The van der Waals surface area contributed by atoms with E-state index in [1.165, 1.54) is 10.9 Å². The monoisotopic (exact) mass is 478 g/mol. The van der Waals surface area contributed by atoms with E-state index >= 15 is 0 Å². The van der Waals surface area contributed by atoms with Crippen molar-refractivity contribution in [2.45, 2.75) is 52.7 Å². The summed E-state index contributed by atoms with van der Waals surface area (Å²) in [5, 5.41) is 5.47. The molecule has 10 nitrogen and oxygen atoms in total. The van der Waals surface area contributed by atoms with Gasteiger partial charge in [-0.2, -0.15) is 0 Å². The minimum absolute atomic E-state index is 0.0613. The van der Waals surface area contributed by atoms with Crippen LogP contribution in [-0.4, -0.2) is 32.2 Å². The standard InChI is InChI=1S/C25H30N6O4/c1-17-9-11-31(29-14-18-6-5-10-26-13-18)23(33)21(17)12-22(32)28-15-19-7-8-20(16-27-19)35-24(34)30-25(2,3)4/h5-11,13,16,29H,12,14-15H2,1-4H3,(H,28,32)(H,30,34). The van der Waals surface area contributed by atoms with Gasteiger partial charge in [0.15, 0.2) is 5.75 Å². The minimum atomic E-state index is -0.570. The Bertz CT molecular complexity index is 1220. The first-order valence-electron chi connectivity index (χ1n) is 11.2. The van der Waals surface area contributed by atoms with Gasteiger partial charge in [-0.05, 0) is 63.1 Å². The number of nitrogens with one attached hydrogen (secondary N) is 3. The van der Waals surface area contributed by atoms with Crippen LogP contribution in [0.3, 0.4) is 0 Å². The van der Waals surface area contributed by atoms with Crippen molar-refractivity contribution in [2.24, 2.45) is 0 Å². The molecule has 184 valence electrons. The lowest BCUT2D eigenvalue weighted by Crippen LogP contribution is -2.42. The van der Waals surface area contributed by atoms with Gasteiger partial charge in [0.2, 0.25) is 5.91 Å². The number of aromatic nitrogens is 3. The number of pyridine rings is 3. The van der Waals surface area contributed by atoms with Gasteiger partial charge in [0.05, 0.1) is 31.4 Å². The van der Waals surface area contributed by atoms with Gasteiger partial charge in [0.25, 0.3) is 5.56 Å². The van der Waals surface area contributed by atoms with Crippen LogP contribution >= 0.6 is 0 Å². The SMILES string of the molecule is Cc1ccn(NCc2cccnc2)c(=O)c1CC(=O)NCc1ccc(OC(=O)NC(C)(C)C)cn1. The third-order valence-corrected chi connectivity index (χ3v) is 4.89. The molecule has 0 aliphatic rings. The summed E-state index contributed by atoms with van der Waals surface area (Å²) in [7, 11) is 0. The lowest BCUT2D eigenvalue weighted by Gasteiger charge is -2.19. The Kier molecular flexibility index (Phi) is 8.19. The molecule has 0 saturated heterocycles. The molecule has 0 bridgehead atoms. The molecule has 10 heteroatoms. The van der Waals surface area contributed by atoms with E-state index in [0.717, 1.165) is 11.1 Å². The summed E-state index contributed by atoms with van der Waals surface area (Å²) in [5.41, 5.74) is 5.00. The molecule has 35 heavy (non-hydrogen) atoms. The Balaban J connectivity index is 1.54. The average Bonchev–Trinajstić information content (AvgIpc) is 2.80. The van der Waals surface area contributed by atoms with Crippen molar-refractivity contribution >= 4 is 12.0 Å². The largest absolute Gasteiger partial charge is 0.413 e. The van der Waals surface area contributed by atoms with Crippen molar-refractivity contribution in [3.63, 3.8) is 0 Å². The molecular formula is C25H30N6O4. The van der Waals surface area contributed by atoms with E-state index in [4.69, 9.17) is 4.74 Å². The molecule has 3 rings (SSSR count). The molecule has 0 spiro atoms. The van der Waals surface area contributed by atoms with E-state index < -0.39 is 11.6 Å². The second kappa shape index (κ2) is 11.3. The highest BCUT2D eigenvalue weighted by atomic mass is 16.6. The molecular weight excluding hydrogens is 448 g/mol. The second-order valence-corrected chi connectivity index (χ2v) is 9.05. The van der Waals surface area contributed by atoms with Gasteiger partial charge < -0.3 is 20.8 Å². The molecule has 0 aromatic carbocycles. The van der Waals surface area contributed by atoms with Crippen molar-refractivity contribution in [3.8, 4) is 5.75 Å². The molecule has 3 aromatic heterocycles. The molecule has 3 heterocycles. The van der Waals surface area contributed by atoms with Gasteiger partial charge in [-0.1, -0.05) is 6.07 Å². The molecule has 0 saturated carbocycles. The number of aryl methyl sites for hydroxylation is 1. The molecule has 0 unspecified atom stereocenters. The number of hydrogen-bond acceptors (Lipinski definition) is 7. The minimum Gasteiger partial charge on any atom is -0.409 e. The van der Waals surface area contributed by atoms with E-state index in [2.05, 4.69) is 26.0 Å². The molecule has 0 aliphatic carbocycles. The van der Waals surface area contributed by atoms with Crippen LogP contribution in [0, 0.1) is 6.92 Å². The van der Waals surface area contributed by atoms with Gasteiger partial charge in [-0.15, -0.1) is 0 Å². The molecule has 0 aliphatic heterocycles. The fraction of sp³-hybridized carbons (Fsp3) is 0.320. The Hall–Kier alpha value is -4.21. The third-order valence-electron chi connectivity index (χ3n) is 4.89. The van der Waals surface area contributed by atoms with Gasteiger partial charge in [0.1, 0.15) is 0 Å². The van der Waals surface area contributed by atoms with E-state index in [1.54, 1.807) is 43.7 Å². The molecule has 0 atom stereocenters. The summed E-state index contributed by atoms with van der Waals surface area (Å²) >= 11 is 0. The first-order valence-corrected chi connectivity index (χ1v) is 11.2.